The number of aliphatic hydroxyl groups is 1. The molecule has 1 unspecified atom stereocenters. The molecule has 0 saturated heterocycles. The first-order chi connectivity index (χ1) is 8.63. The first-order valence-electron chi connectivity index (χ1n) is 5.98. The van der Waals surface area contributed by atoms with Crippen molar-refractivity contribution in [1.29, 1.82) is 0 Å². The van der Waals surface area contributed by atoms with Crippen molar-refractivity contribution in [2.75, 3.05) is 20.1 Å². The zero-order valence-electron chi connectivity index (χ0n) is 10.9. The Hall–Kier alpha value is -1.17. The fraction of sp³-hybridized carbons (Fsp3) is 0.462. The molecule has 1 atom stereocenters. The molecule has 1 aromatic rings. The normalized spacial score (nSPS) is 11.5. The largest absolute Gasteiger partial charge is 0.387 e. The van der Waals surface area contributed by atoms with Gasteiger partial charge in [-0.15, -0.1) is 12.4 Å². The van der Waals surface area contributed by atoms with E-state index in [2.05, 4.69) is 10.6 Å². The van der Waals surface area contributed by atoms with E-state index in [9.17, 15) is 14.3 Å². The summed E-state index contributed by atoms with van der Waals surface area (Å²) >= 11 is 0. The maximum absolute atomic E-state index is 12.9. The highest BCUT2D eigenvalue weighted by atomic mass is 35.5. The summed E-state index contributed by atoms with van der Waals surface area (Å²) in [5.74, 6) is -0.507. The van der Waals surface area contributed by atoms with Crippen LogP contribution in [0.1, 0.15) is 24.5 Å². The highest BCUT2D eigenvalue weighted by Crippen LogP contribution is 2.12. The van der Waals surface area contributed by atoms with Crippen molar-refractivity contribution >= 4 is 18.3 Å². The highest BCUT2D eigenvalue weighted by Gasteiger charge is 2.09. The summed E-state index contributed by atoms with van der Waals surface area (Å²) in [7, 11) is 1.83. The number of halogens is 2. The number of nitrogens with one attached hydrogen (secondary N) is 2. The summed E-state index contributed by atoms with van der Waals surface area (Å²) in [6, 6.07) is 5.73. The topological polar surface area (TPSA) is 61.4 Å². The minimum Gasteiger partial charge on any atom is -0.387 e. The molecule has 0 aromatic heterocycles. The van der Waals surface area contributed by atoms with Crippen LogP contribution in [-0.4, -0.2) is 31.2 Å². The second-order valence-electron chi connectivity index (χ2n) is 4.08. The van der Waals surface area contributed by atoms with E-state index in [0.29, 0.717) is 12.0 Å². The molecule has 1 amide bonds. The Balaban J connectivity index is 0.00000324. The van der Waals surface area contributed by atoms with Crippen LogP contribution in [0, 0.1) is 5.82 Å². The van der Waals surface area contributed by atoms with Crippen LogP contribution in [-0.2, 0) is 4.79 Å². The minimum atomic E-state index is -0.881. The molecule has 0 fully saturated rings. The predicted octanol–water partition coefficient (Wildman–Crippen LogP) is 1.40. The molecule has 108 valence electrons. The molecule has 4 nitrogen and oxygen atoms in total. The Morgan fingerprint density at radius 1 is 1.47 bits per heavy atom. The van der Waals surface area contributed by atoms with Crippen LogP contribution in [0.3, 0.4) is 0 Å². The molecule has 0 radical (unpaired) electrons. The number of carbonyl (C=O) groups excluding carboxylic acids is 1. The van der Waals surface area contributed by atoms with E-state index in [-0.39, 0.29) is 24.9 Å². The number of amides is 1. The van der Waals surface area contributed by atoms with Crippen LogP contribution in [0.4, 0.5) is 4.39 Å². The Bertz CT molecular complexity index is 391. The highest BCUT2D eigenvalue weighted by molar-refractivity contribution is 5.85. The number of carbonyl (C=O) groups is 1. The van der Waals surface area contributed by atoms with Crippen LogP contribution < -0.4 is 10.6 Å². The average molecular weight is 291 g/mol. The van der Waals surface area contributed by atoms with Crippen molar-refractivity contribution in [1.82, 2.24) is 10.6 Å². The number of hydrogen-bond acceptors (Lipinski definition) is 3. The third-order valence-electron chi connectivity index (χ3n) is 2.56. The molecular formula is C13H20ClFN2O2. The number of rotatable bonds is 7. The molecule has 0 saturated carbocycles. The van der Waals surface area contributed by atoms with E-state index >= 15 is 0 Å². The number of benzene rings is 1. The monoisotopic (exact) mass is 290 g/mol. The van der Waals surface area contributed by atoms with Gasteiger partial charge in [0.1, 0.15) is 5.82 Å². The Morgan fingerprint density at radius 2 is 2.21 bits per heavy atom. The van der Waals surface area contributed by atoms with E-state index in [1.807, 2.05) is 7.05 Å². The summed E-state index contributed by atoms with van der Waals surface area (Å²) in [5, 5.41) is 15.3. The zero-order valence-corrected chi connectivity index (χ0v) is 11.7. The van der Waals surface area contributed by atoms with E-state index in [4.69, 9.17) is 0 Å². The molecule has 0 spiro atoms. The first kappa shape index (κ1) is 17.8. The molecule has 1 aromatic carbocycles. The summed E-state index contributed by atoms with van der Waals surface area (Å²) in [6.07, 6.45) is 0.281. The van der Waals surface area contributed by atoms with Crippen LogP contribution >= 0.6 is 12.4 Å². The lowest BCUT2D eigenvalue weighted by molar-refractivity contribution is -0.121. The smallest absolute Gasteiger partial charge is 0.220 e. The van der Waals surface area contributed by atoms with Crippen molar-refractivity contribution in [3.63, 3.8) is 0 Å². The molecular weight excluding hydrogens is 271 g/mol. The standard InChI is InChI=1S/C13H19FN2O2.ClH/c1-15-7-3-6-13(18)16-9-12(17)10-4-2-5-11(14)8-10;/h2,4-5,8,12,15,17H,3,6-7,9H2,1H3,(H,16,18);1H. The lowest BCUT2D eigenvalue weighted by Gasteiger charge is -2.12. The van der Waals surface area contributed by atoms with E-state index in [1.54, 1.807) is 6.07 Å². The van der Waals surface area contributed by atoms with Gasteiger partial charge in [-0.05, 0) is 37.7 Å². The molecule has 0 aliphatic heterocycles. The predicted molar refractivity (Wildman–Crippen MR) is 74.8 cm³/mol. The van der Waals surface area contributed by atoms with Crippen molar-refractivity contribution < 1.29 is 14.3 Å². The maximum Gasteiger partial charge on any atom is 0.220 e. The molecule has 19 heavy (non-hydrogen) atoms. The fourth-order valence-electron chi connectivity index (χ4n) is 1.56. The van der Waals surface area contributed by atoms with Crippen LogP contribution in [0.25, 0.3) is 0 Å². The maximum atomic E-state index is 12.9. The summed E-state index contributed by atoms with van der Waals surface area (Å²) < 4.78 is 12.9. The Kier molecular flexibility index (Phi) is 9.12. The van der Waals surface area contributed by atoms with Crippen molar-refractivity contribution in [2.45, 2.75) is 18.9 Å². The quantitative estimate of drug-likeness (QED) is 0.665. The number of hydrogen-bond donors (Lipinski definition) is 3. The van der Waals surface area contributed by atoms with Gasteiger partial charge in [0.05, 0.1) is 6.10 Å². The van der Waals surface area contributed by atoms with Gasteiger partial charge in [0, 0.05) is 13.0 Å². The Labute approximate surface area is 118 Å². The third-order valence-corrected chi connectivity index (χ3v) is 2.56. The van der Waals surface area contributed by atoms with Gasteiger partial charge in [0.15, 0.2) is 0 Å². The average Bonchev–Trinajstić information content (AvgIpc) is 2.36. The van der Waals surface area contributed by atoms with E-state index < -0.39 is 11.9 Å². The third kappa shape index (κ3) is 7.10. The molecule has 0 aliphatic carbocycles. The molecule has 3 N–H and O–H groups in total. The van der Waals surface area contributed by atoms with Gasteiger partial charge in [-0.1, -0.05) is 12.1 Å². The molecule has 0 bridgehead atoms. The minimum absolute atomic E-state index is 0. The second kappa shape index (κ2) is 9.72. The van der Waals surface area contributed by atoms with Crippen molar-refractivity contribution in [3.05, 3.63) is 35.6 Å². The summed E-state index contributed by atoms with van der Waals surface area (Å²) in [6.45, 7) is 0.877. The fourth-order valence-corrected chi connectivity index (χ4v) is 1.56. The van der Waals surface area contributed by atoms with Gasteiger partial charge in [0.25, 0.3) is 0 Å². The van der Waals surface area contributed by atoms with Gasteiger partial charge in [-0.25, -0.2) is 4.39 Å². The van der Waals surface area contributed by atoms with Crippen molar-refractivity contribution in [3.8, 4) is 0 Å². The molecule has 0 heterocycles. The lowest BCUT2D eigenvalue weighted by Crippen LogP contribution is -2.28. The molecule has 6 heteroatoms. The summed E-state index contributed by atoms with van der Waals surface area (Å²) in [4.78, 5) is 11.4. The van der Waals surface area contributed by atoms with Gasteiger partial charge in [0.2, 0.25) is 5.91 Å². The van der Waals surface area contributed by atoms with Gasteiger partial charge >= 0.3 is 0 Å². The van der Waals surface area contributed by atoms with Gasteiger partial charge in [-0.3, -0.25) is 4.79 Å². The van der Waals surface area contributed by atoms with Crippen molar-refractivity contribution in [2.24, 2.45) is 0 Å². The lowest BCUT2D eigenvalue weighted by atomic mass is 10.1. The van der Waals surface area contributed by atoms with E-state index in [0.717, 1.165) is 13.0 Å². The molecule has 0 aliphatic rings. The SMILES string of the molecule is CNCCCC(=O)NCC(O)c1cccc(F)c1.Cl. The Morgan fingerprint density at radius 3 is 2.84 bits per heavy atom. The van der Waals surface area contributed by atoms with Gasteiger partial charge < -0.3 is 15.7 Å². The summed E-state index contributed by atoms with van der Waals surface area (Å²) in [5.41, 5.74) is 0.463. The first-order valence-corrected chi connectivity index (χ1v) is 5.98. The van der Waals surface area contributed by atoms with Crippen LogP contribution in [0.2, 0.25) is 0 Å². The molecule has 1 rings (SSSR count). The van der Waals surface area contributed by atoms with Crippen LogP contribution in [0.5, 0.6) is 0 Å². The van der Waals surface area contributed by atoms with E-state index in [1.165, 1.54) is 18.2 Å². The zero-order chi connectivity index (χ0) is 13.4. The van der Waals surface area contributed by atoms with Gasteiger partial charge in [-0.2, -0.15) is 0 Å². The number of aliphatic hydroxyl groups excluding tert-OH is 1. The second-order valence-corrected chi connectivity index (χ2v) is 4.08. The van der Waals surface area contributed by atoms with Crippen LogP contribution in [0.15, 0.2) is 24.3 Å².